The van der Waals surface area contributed by atoms with E-state index in [0.29, 0.717) is 55.5 Å². The SMILES string of the molecule is COC1CCC([C@@H]2CCN(C(=O)C3CCC([C@@H](CF)NC(=O)OC(C)(C)C)CC3)[C@@H]2C(=O)Nc2ccc3oc(C(=O)OCCCCN4CCOCC4)cc3c2)CC1. The molecule has 0 radical (unpaired) electrons. The molecule has 3 amide bonds. The van der Waals surface area contributed by atoms with Crippen LogP contribution in [-0.4, -0.2) is 117 Å². The van der Waals surface area contributed by atoms with E-state index in [2.05, 4.69) is 15.5 Å². The zero-order chi connectivity index (χ0) is 40.5. The van der Waals surface area contributed by atoms with Crippen LogP contribution in [0.2, 0.25) is 0 Å². The number of furan rings is 1. The van der Waals surface area contributed by atoms with Crippen molar-refractivity contribution in [1.29, 1.82) is 0 Å². The molecule has 6 rings (SSSR count). The maximum Gasteiger partial charge on any atom is 0.407 e. The number of methoxy groups -OCH3 is 1. The van der Waals surface area contributed by atoms with Crippen LogP contribution in [0.15, 0.2) is 28.7 Å². The van der Waals surface area contributed by atoms with Gasteiger partial charge in [-0.15, -0.1) is 0 Å². The molecular weight excluding hydrogens is 735 g/mol. The first-order chi connectivity index (χ1) is 27.4. The molecule has 57 heavy (non-hydrogen) atoms. The molecule has 0 unspecified atom stereocenters. The zero-order valence-electron chi connectivity index (χ0n) is 34.2. The topological polar surface area (TPSA) is 149 Å². The van der Waals surface area contributed by atoms with Crippen LogP contribution in [0, 0.1) is 23.7 Å². The van der Waals surface area contributed by atoms with E-state index >= 15 is 0 Å². The molecule has 2 N–H and O–H groups in total. The van der Waals surface area contributed by atoms with E-state index in [-0.39, 0.29) is 47.4 Å². The highest BCUT2D eigenvalue weighted by Crippen LogP contribution is 2.42. The third kappa shape index (κ3) is 11.5. The van der Waals surface area contributed by atoms with Gasteiger partial charge in [-0.25, -0.2) is 14.0 Å². The van der Waals surface area contributed by atoms with Gasteiger partial charge in [0.1, 0.15) is 23.9 Å². The lowest BCUT2D eigenvalue weighted by molar-refractivity contribution is -0.142. The summed E-state index contributed by atoms with van der Waals surface area (Å²) in [6.45, 7) is 9.70. The highest BCUT2D eigenvalue weighted by atomic mass is 19.1. The Labute approximate surface area is 336 Å². The van der Waals surface area contributed by atoms with Crippen LogP contribution in [-0.2, 0) is 28.5 Å². The summed E-state index contributed by atoms with van der Waals surface area (Å²) in [5.74, 6) is -0.790. The van der Waals surface area contributed by atoms with E-state index in [1.807, 2.05) is 0 Å². The Morgan fingerprint density at radius 2 is 1.67 bits per heavy atom. The number of ether oxygens (including phenoxy) is 4. The Kier molecular flexibility index (Phi) is 14.9. The second-order valence-corrected chi connectivity index (χ2v) is 17.4. The molecule has 4 fully saturated rings. The van der Waals surface area contributed by atoms with E-state index in [4.69, 9.17) is 23.4 Å². The number of likely N-dealkylation sites (tertiary alicyclic amines) is 1. The smallest absolute Gasteiger partial charge is 0.407 e. The zero-order valence-corrected chi connectivity index (χ0v) is 34.2. The summed E-state index contributed by atoms with van der Waals surface area (Å²) in [4.78, 5) is 58.0. The lowest BCUT2D eigenvalue weighted by atomic mass is 9.75. The van der Waals surface area contributed by atoms with Gasteiger partial charge in [0, 0.05) is 43.7 Å². The summed E-state index contributed by atoms with van der Waals surface area (Å²) in [5.41, 5.74) is 0.362. The highest BCUT2D eigenvalue weighted by Gasteiger charge is 2.47. The van der Waals surface area contributed by atoms with Gasteiger partial charge in [0.2, 0.25) is 17.6 Å². The van der Waals surface area contributed by atoms with Gasteiger partial charge in [-0.2, -0.15) is 0 Å². The minimum atomic E-state index is -0.712. The Bertz CT molecular complexity index is 1660. The monoisotopic (exact) mass is 798 g/mol. The lowest BCUT2D eigenvalue weighted by Gasteiger charge is -2.38. The van der Waals surface area contributed by atoms with Crippen LogP contribution in [0.3, 0.4) is 0 Å². The van der Waals surface area contributed by atoms with Gasteiger partial charge in [-0.1, -0.05) is 0 Å². The fourth-order valence-corrected chi connectivity index (χ4v) is 9.33. The summed E-state index contributed by atoms with van der Waals surface area (Å²) >= 11 is 0. The molecular formula is C43H63FN4O9. The molecule has 2 saturated carbocycles. The molecule has 13 nitrogen and oxygen atoms in total. The van der Waals surface area contributed by atoms with Crippen LogP contribution in [0.4, 0.5) is 14.9 Å². The number of morpholine rings is 1. The van der Waals surface area contributed by atoms with Gasteiger partial charge in [-0.3, -0.25) is 14.5 Å². The first-order valence-corrected chi connectivity index (χ1v) is 21.1. The van der Waals surface area contributed by atoms with Crippen molar-refractivity contribution in [2.75, 3.05) is 65.1 Å². The summed E-state index contributed by atoms with van der Waals surface area (Å²) in [5, 5.41) is 6.47. The Hall–Kier alpha value is -3.75. The number of nitrogens with zero attached hydrogens (tertiary/aromatic N) is 2. The van der Waals surface area contributed by atoms with Gasteiger partial charge < -0.3 is 38.9 Å². The number of unbranched alkanes of at least 4 members (excludes halogenated alkanes) is 1. The first kappa shape index (κ1) is 42.8. The standard InChI is InChI=1S/C43H63FN4O9/c1-43(2,3)57-42(52)46-35(27-44)29-7-9-30(10-8-29)40(50)48-19-17-34(28-11-14-33(53-4)15-12-28)38(48)39(49)45-32-13-16-36-31(25-32)26-37(56-36)41(51)55-22-6-5-18-47-20-23-54-24-21-47/h13,16,25-26,28-30,33-35,38H,5-12,14-15,17-24,27H2,1-4H3,(H,45,49)(H,46,52)/t28?,29?,30?,33?,34-,35+,38-/m0/s1. The Balaban J connectivity index is 1.08. The predicted octanol–water partition coefficient (Wildman–Crippen LogP) is 6.73. The van der Waals surface area contributed by atoms with Crippen LogP contribution >= 0.6 is 0 Å². The number of benzene rings is 1. The quantitative estimate of drug-likeness (QED) is 0.156. The third-order valence-corrected chi connectivity index (χ3v) is 12.4. The minimum Gasteiger partial charge on any atom is -0.460 e. The molecule has 316 valence electrons. The number of esters is 1. The summed E-state index contributed by atoms with van der Waals surface area (Å²) in [6, 6.07) is 5.57. The van der Waals surface area contributed by atoms with Crippen molar-refractivity contribution in [3.8, 4) is 0 Å². The molecule has 2 aliphatic heterocycles. The fourth-order valence-electron chi connectivity index (χ4n) is 9.33. The molecule has 1 aromatic carbocycles. The number of hydrogen-bond donors (Lipinski definition) is 2. The molecule has 2 aliphatic carbocycles. The number of nitrogens with one attached hydrogen (secondary N) is 2. The number of halogens is 1. The highest BCUT2D eigenvalue weighted by molar-refractivity contribution is 6.00. The normalized spacial score (nSPS) is 26.5. The molecule has 2 saturated heterocycles. The fraction of sp³-hybridized carbons (Fsp3) is 0.721. The molecule has 0 spiro atoms. The van der Waals surface area contributed by atoms with Crippen LogP contribution < -0.4 is 10.6 Å². The second kappa shape index (κ2) is 19.8. The van der Waals surface area contributed by atoms with E-state index in [1.165, 1.54) is 0 Å². The maximum atomic E-state index is 14.4. The number of fused-ring (bicyclic) bond motifs is 1. The number of rotatable bonds is 14. The van der Waals surface area contributed by atoms with E-state index in [9.17, 15) is 23.6 Å². The van der Waals surface area contributed by atoms with Crippen LogP contribution in [0.25, 0.3) is 11.0 Å². The molecule has 2 aromatic rings. The summed E-state index contributed by atoms with van der Waals surface area (Å²) < 4.78 is 41.8. The number of amides is 3. The molecule has 0 bridgehead atoms. The minimum absolute atomic E-state index is 0.00457. The van der Waals surface area contributed by atoms with Crippen molar-refractivity contribution in [3.05, 3.63) is 30.0 Å². The van der Waals surface area contributed by atoms with Crippen LogP contribution in [0.1, 0.15) is 102 Å². The van der Waals surface area contributed by atoms with Crippen molar-refractivity contribution in [2.45, 2.75) is 115 Å². The van der Waals surface area contributed by atoms with Crippen molar-refractivity contribution in [3.63, 3.8) is 0 Å². The molecule has 14 heteroatoms. The number of alkyl halides is 1. The van der Waals surface area contributed by atoms with E-state index < -0.39 is 36.4 Å². The molecule has 4 aliphatic rings. The van der Waals surface area contributed by atoms with Crippen molar-refractivity contribution >= 4 is 40.5 Å². The van der Waals surface area contributed by atoms with Crippen molar-refractivity contribution in [2.24, 2.45) is 23.7 Å². The first-order valence-electron chi connectivity index (χ1n) is 21.1. The van der Waals surface area contributed by atoms with E-state index in [0.717, 1.165) is 77.8 Å². The average Bonchev–Trinajstić information content (AvgIpc) is 3.85. The van der Waals surface area contributed by atoms with Gasteiger partial charge in [0.15, 0.2) is 0 Å². The molecule has 3 atom stereocenters. The van der Waals surface area contributed by atoms with Gasteiger partial charge in [-0.05, 0) is 140 Å². The average molecular weight is 799 g/mol. The summed E-state index contributed by atoms with van der Waals surface area (Å²) in [7, 11) is 1.74. The maximum absolute atomic E-state index is 14.4. The Morgan fingerprint density at radius 1 is 0.930 bits per heavy atom. The lowest BCUT2D eigenvalue weighted by Crippen LogP contribution is -2.50. The van der Waals surface area contributed by atoms with Gasteiger partial charge >= 0.3 is 12.1 Å². The van der Waals surface area contributed by atoms with Gasteiger partial charge in [0.05, 0.1) is 32.0 Å². The number of alkyl carbamates (subject to hydrolysis) is 1. The predicted molar refractivity (Wildman–Crippen MR) is 213 cm³/mol. The number of anilines is 1. The Morgan fingerprint density at radius 3 is 2.35 bits per heavy atom. The number of carbonyl (C=O) groups excluding carboxylic acids is 4. The number of carbonyl (C=O) groups is 4. The molecule has 1 aromatic heterocycles. The number of hydrogen-bond acceptors (Lipinski definition) is 10. The van der Waals surface area contributed by atoms with Crippen molar-refractivity contribution in [1.82, 2.24) is 15.1 Å². The second-order valence-electron chi connectivity index (χ2n) is 17.4. The third-order valence-electron chi connectivity index (χ3n) is 12.4. The van der Waals surface area contributed by atoms with Crippen molar-refractivity contribution < 1.29 is 46.9 Å². The molecule has 3 heterocycles. The van der Waals surface area contributed by atoms with E-state index in [1.54, 1.807) is 57.0 Å². The van der Waals surface area contributed by atoms with Crippen LogP contribution in [0.5, 0.6) is 0 Å². The van der Waals surface area contributed by atoms with Gasteiger partial charge in [0.25, 0.3) is 0 Å². The largest absolute Gasteiger partial charge is 0.460 e. The summed E-state index contributed by atoms with van der Waals surface area (Å²) in [6.07, 6.45) is 7.99.